The number of halogens is 1. The lowest BCUT2D eigenvalue weighted by Gasteiger charge is -2.13. The molecule has 0 aliphatic heterocycles. The zero-order chi connectivity index (χ0) is 16.1. The monoisotopic (exact) mass is 335 g/mol. The first-order valence-electron chi connectivity index (χ1n) is 7.33. The van der Waals surface area contributed by atoms with Crippen molar-refractivity contribution in [2.45, 2.75) is 33.4 Å². The predicted octanol–water partition coefficient (Wildman–Crippen LogP) is 3.75. The first-order chi connectivity index (χ1) is 10.6. The number of ketones is 1. The predicted molar refractivity (Wildman–Crippen MR) is 93.4 cm³/mol. The average molecular weight is 336 g/mol. The highest BCUT2D eigenvalue weighted by Crippen LogP contribution is 2.31. The fourth-order valence-corrected chi connectivity index (χ4v) is 2.19. The Bertz CT molecular complexity index is 669. The molecule has 2 rings (SSSR count). The van der Waals surface area contributed by atoms with Crippen molar-refractivity contribution in [3.8, 4) is 11.5 Å². The number of phenols is 1. The molecule has 0 saturated carbocycles. The standard InChI is InChI=1S/C18H21NO3.ClH/c1-3-16(20)15-8-9-17(12(2)18(15)21)22-11-14-6-4-13(10-19)5-7-14;/h4-9,21H,3,10-11,19H2,1-2H3;1H. The number of hydrogen-bond donors (Lipinski definition) is 2. The summed E-state index contributed by atoms with van der Waals surface area (Å²) in [7, 11) is 0. The lowest BCUT2D eigenvalue weighted by atomic mass is 10.0. The van der Waals surface area contributed by atoms with Gasteiger partial charge in [0.1, 0.15) is 18.1 Å². The highest BCUT2D eigenvalue weighted by molar-refractivity contribution is 5.99. The summed E-state index contributed by atoms with van der Waals surface area (Å²) in [5.41, 5.74) is 8.58. The van der Waals surface area contributed by atoms with Gasteiger partial charge in [-0.05, 0) is 30.2 Å². The number of ether oxygens (including phenoxy) is 1. The highest BCUT2D eigenvalue weighted by atomic mass is 35.5. The molecule has 4 nitrogen and oxygen atoms in total. The van der Waals surface area contributed by atoms with Crippen molar-refractivity contribution >= 4 is 18.2 Å². The summed E-state index contributed by atoms with van der Waals surface area (Å²) in [5, 5.41) is 10.1. The van der Waals surface area contributed by atoms with E-state index >= 15 is 0 Å². The Labute approximate surface area is 142 Å². The fourth-order valence-electron chi connectivity index (χ4n) is 2.19. The lowest BCUT2D eigenvalue weighted by molar-refractivity contribution is 0.0985. The number of carbonyl (C=O) groups excluding carboxylic acids is 1. The third kappa shape index (κ3) is 4.47. The molecule has 0 amide bonds. The minimum atomic E-state index is -0.0791. The van der Waals surface area contributed by atoms with E-state index in [1.54, 1.807) is 26.0 Å². The van der Waals surface area contributed by atoms with E-state index in [1.807, 2.05) is 24.3 Å². The molecule has 3 N–H and O–H groups in total. The second-order valence-electron chi connectivity index (χ2n) is 5.17. The maximum Gasteiger partial charge on any atom is 0.166 e. The zero-order valence-electron chi connectivity index (χ0n) is 13.3. The Morgan fingerprint density at radius 1 is 1.13 bits per heavy atom. The molecule has 0 aromatic heterocycles. The largest absolute Gasteiger partial charge is 0.507 e. The smallest absolute Gasteiger partial charge is 0.166 e. The van der Waals surface area contributed by atoms with E-state index in [0.29, 0.717) is 36.4 Å². The van der Waals surface area contributed by atoms with E-state index in [1.165, 1.54) is 0 Å². The molecular formula is C18H22ClNO3. The van der Waals surface area contributed by atoms with Crippen LogP contribution in [0.1, 0.15) is 40.4 Å². The molecule has 0 atom stereocenters. The summed E-state index contributed by atoms with van der Waals surface area (Å²) in [5.74, 6) is 0.500. The molecule has 0 heterocycles. The molecule has 2 aromatic carbocycles. The molecule has 2 aromatic rings. The third-order valence-electron chi connectivity index (χ3n) is 3.66. The Kier molecular flexibility index (Phi) is 7.07. The third-order valence-corrected chi connectivity index (χ3v) is 3.66. The molecule has 0 aliphatic rings. The van der Waals surface area contributed by atoms with Crippen molar-refractivity contribution in [2.24, 2.45) is 5.73 Å². The Morgan fingerprint density at radius 2 is 1.74 bits per heavy atom. The summed E-state index contributed by atoms with van der Waals surface area (Å²) in [6, 6.07) is 11.2. The van der Waals surface area contributed by atoms with Gasteiger partial charge in [-0.1, -0.05) is 31.2 Å². The fraction of sp³-hybridized carbons (Fsp3) is 0.278. The summed E-state index contributed by atoms with van der Waals surface area (Å²) in [6.07, 6.45) is 0.362. The maximum absolute atomic E-state index is 11.7. The van der Waals surface area contributed by atoms with Crippen LogP contribution in [-0.2, 0) is 13.2 Å². The van der Waals surface area contributed by atoms with E-state index in [0.717, 1.165) is 11.1 Å². The Balaban J connectivity index is 0.00000264. The van der Waals surface area contributed by atoms with Crippen LogP contribution >= 0.6 is 12.4 Å². The van der Waals surface area contributed by atoms with Gasteiger partial charge in [-0.3, -0.25) is 4.79 Å². The van der Waals surface area contributed by atoms with Gasteiger partial charge >= 0.3 is 0 Å². The van der Waals surface area contributed by atoms with E-state index in [9.17, 15) is 9.90 Å². The average Bonchev–Trinajstić information content (AvgIpc) is 2.56. The van der Waals surface area contributed by atoms with Crippen LogP contribution in [0.15, 0.2) is 36.4 Å². The lowest BCUT2D eigenvalue weighted by Crippen LogP contribution is -2.02. The van der Waals surface area contributed by atoms with E-state index in [4.69, 9.17) is 10.5 Å². The number of benzene rings is 2. The molecule has 0 aliphatic carbocycles. The summed E-state index contributed by atoms with van der Waals surface area (Å²) >= 11 is 0. The molecule has 0 saturated heterocycles. The minimum Gasteiger partial charge on any atom is -0.507 e. The van der Waals surface area contributed by atoms with Gasteiger partial charge in [0.25, 0.3) is 0 Å². The van der Waals surface area contributed by atoms with Crippen molar-refractivity contribution < 1.29 is 14.6 Å². The van der Waals surface area contributed by atoms with Gasteiger partial charge in [0.05, 0.1) is 5.56 Å². The van der Waals surface area contributed by atoms with Gasteiger partial charge in [-0.25, -0.2) is 0 Å². The molecule has 5 heteroatoms. The summed E-state index contributed by atoms with van der Waals surface area (Å²) < 4.78 is 5.74. The molecule has 0 fully saturated rings. The Morgan fingerprint density at radius 3 is 2.30 bits per heavy atom. The number of nitrogens with two attached hydrogens (primary N) is 1. The molecule has 23 heavy (non-hydrogen) atoms. The molecular weight excluding hydrogens is 314 g/mol. The first kappa shape index (κ1) is 19.0. The second kappa shape index (κ2) is 8.56. The van der Waals surface area contributed by atoms with Gasteiger partial charge in [0.2, 0.25) is 0 Å². The van der Waals surface area contributed by atoms with Crippen LogP contribution in [0.5, 0.6) is 11.5 Å². The Hall–Kier alpha value is -2.04. The van der Waals surface area contributed by atoms with E-state index < -0.39 is 0 Å². The van der Waals surface area contributed by atoms with Crippen LogP contribution in [0.2, 0.25) is 0 Å². The first-order valence-corrected chi connectivity index (χ1v) is 7.33. The van der Waals surface area contributed by atoms with Crippen LogP contribution < -0.4 is 10.5 Å². The number of aromatic hydroxyl groups is 1. The normalized spacial score (nSPS) is 10.0. The molecule has 0 spiro atoms. The summed E-state index contributed by atoms with van der Waals surface area (Å²) in [6.45, 7) is 4.42. The van der Waals surface area contributed by atoms with Crippen molar-refractivity contribution in [1.29, 1.82) is 0 Å². The number of phenolic OH excluding ortho intramolecular Hbond substituents is 1. The van der Waals surface area contributed by atoms with Crippen LogP contribution in [0, 0.1) is 6.92 Å². The molecule has 0 bridgehead atoms. The van der Waals surface area contributed by atoms with Crippen LogP contribution in [0.3, 0.4) is 0 Å². The van der Waals surface area contributed by atoms with Crippen molar-refractivity contribution in [3.05, 3.63) is 58.7 Å². The van der Waals surface area contributed by atoms with E-state index in [2.05, 4.69) is 0 Å². The topological polar surface area (TPSA) is 72.5 Å². The molecule has 0 unspecified atom stereocenters. The number of Topliss-reactive ketones (excluding diaryl/α,β-unsaturated/α-hetero) is 1. The number of hydrogen-bond acceptors (Lipinski definition) is 4. The molecule has 0 radical (unpaired) electrons. The van der Waals surface area contributed by atoms with Gasteiger partial charge in [-0.2, -0.15) is 0 Å². The van der Waals surface area contributed by atoms with Gasteiger partial charge < -0.3 is 15.6 Å². The van der Waals surface area contributed by atoms with Crippen molar-refractivity contribution in [1.82, 2.24) is 0 Å². The van der Waals surface area contributed by atoms with Crippen molar-refractivity contribution in [3.63, 3.8) is 0 Å². The summed E-state index contributed by atoms with van der Waals surface area (Å²) in [4.78, 5) is 11.7. The molecule has 124 valence electrons. The van der Waals surface area contributed by atoms with E-state index in [-0.39, 0.29) is 23.9 Å². The van der Waals surface area contributed by atoms with Crippen molar-refractivity contribution in [2.75, 3.05) is 0 Å². The van der Waals surface area contributed by atoms with Crippen LogP contribution in [0.25, 0.3) is 0 Å². The van der Waals surface area contributed by atoms with Gasteiger partial charge in [-0.15, -0.1) is 12.4 Å². The highest BCUT2D eigenvalue weighted by Gasteiger charge is 2.14. The van der Waals surface area contributed by atoms with Gasteiger partial charge in [0, 0.05) is 18.5 Å². The number of carbonyl (C=O) groups is 1. The zero-order valence-corrected chi connectivity index (χ0v) is 14.2. The van der Waals surface area contributed by atoms with Crippen LogP contribution in [-0.4, -0.2) is 10.9 Å². The van der Waals surface area contributed by atoms with Crippen LogP contribution in [0.4, 0.5) is 0 Å². The minimum absolute atomic E-state index is 0. The van der Waals surface area contributed by atoms with Gasteiger partial charge in [0.15, 0.2) is 5.78 Å². The second-order valence-corrected chi connectivity index (χ2v) is 5.17. The quantitative estimate of drug-likeness (QED) is 0.788. The number of rotatable bonds is 6. The maximum atomic E-state index is 11.7. The SMILES string of the molecule is CCC(=O)c1ccc(OCc2ccc(CN)cc2)c(C)c1O.Cl.